The molecule has 1 aromatic carbocycles. The van der Waals surface area contributed by atoms with E-state index < -0.39 is 12.2 Å². The summed E-state index contributed by atoms with van der Waals surface area (Å²) >= 11 is 0. The molecule has 3 aliphatic rings. The molecule has 0 spiro atoms. The smallest absolute Gasteiger partial charge is 0.414 e. The van der Waals surface area contributed by atoms with Gasteiger partial charge in [0.2, 0.25) is 5.91 Å². The van der Waals surface area contributed by atoms with E-state index in [0.29, 0.717) is 23.3 Å². The minimum Gasteiger partial charge on any atom is -0.442 e. The number of hydrogen-bond acceptors (Lipinski definition) is 5. The van der Waals surface area contributed by atoms with Crippen LogP contribution in [0.2, 0.25) is 0 Å². The van der Waals surface area contributed by atoms with Crippen LogP contribution in [-0.2, 0) is 9.53 Å². The molecule has 3 saturated heterocycles. The van der Waals surface area contributed by atoms with Gasteiger partial charge in [-0.25, -0.2) is 9.18 Å². The first-order chi connectivity index (χ1) is 13.0. The zero-order chi connectivity index (χ0) is 19.0. The van der Waals surface area contributed by atoms with Gasteiger partial charge in [0, 0.05) is 26.1 Å². The fourth-order valence-electron chi connectivity index (χ4n) is 4.26. The number of piperidine rings is 1. The first kappa shape index (κ1) is 18.0. The summed E-state index contributed by atoms with van der Waals surface area (Å²) in [7, 11) is 0. The van der Waals surface area contributed by atoms with E-state index in [1.165, 1.54) is 30.7 Å². The number of ether oxygens (including phenoxy) is 1. The molecule has 2 unspecified atom stereocenters. The predicted octanol–water partition coefficient (Wildman–Crippen LogP) is 1.48. The lowest BCUT2D eigenvalue weighted by molar-refractivity contribution is -0.119. The lowest BCUT2D eigenvalue weighted by Gasteiger charge is -2.24. The van der Waals surface area contributed by atoms with Gasteiger partial charge >= 0.3 is 6.09 Å². The Kier molecular flexibility index (Phi) is 4.90. The van der Waals surface area contributed by atoms with E-state index in [9.17, 15) is 14.0 Å². The van der Waals surface area contributed by atoms with Gasteiger partial charge in [-0.05, 0) is 43.5 Å². The molecule has 0 radical (unpaired) electrons. The van der Waals surface area contributed by atoms with E-state index in [1.807, 2.05) is 0 Å². The molecular formula is C19H25FN4O3. The maximum atomic E-state index is 14.8. The van der Waals surface area contributed by atoms with E-state index in [1.54, 1.807) is 12.1 Å². The lowest BCUT2D eigenvalue weighted by Crippen LogP contribution is -2.40. The number of amides is 2. The van der Waals surface area contributed by atoms with Crippen LogP contribution in [0.25, 0.3) is 0 Å². The summed E-state index contributed by atoms with van der Waals surface area (Å²) in [6.07, 6.45) is 1.40. The summed E-state index contributed by atoms with van der Waals surface area (Å²) in [5.74, 6) is 0.0609. The van der Waals surface area contributed by atoms with E-state index >= 15 is 0 Å². The van der Waals surface area contributed by atoms with Crippen molar-refractivity contribution in [3.05, 3.63) is 24.0 Å². The number of anilines is 2. The largest absolute Gasteiger partial charge is 0.442 e. The Bertz CT molecular complexity index is 730. The second-order valence-electron chi connectivity index (χ2n) is 7.56. The molecule has 8 heteroatoms. The van der Waals surface area contributed by atoms with Gasteiger partial charge in [-0.2, -0.15) is 0 Å². The molecule has 3 atom stereocenters. The number of carbonyl (C=O) groups is 2. The predicted molar refractivity (Wildman–Crippen MR) is 99.4 cm³/mol. The van der Waals surface area contributed by atoms with E-state index in [0.717, 1.165) is 19.6 Å². The lowest BCUT2D eigenvalue weighted by atomic mass is 9.94. The van der Waals surface area contributed by atoms with E-state index in [-0.39, 0.29) is 24.8 Å². The summed E-state index contributed by atoms with van der Waals surface area (Å²) in [6.45, 7) is 4.65. The van der Waals surface area contributed by atoms with Crippen LogP contribution >= 0.6 is 0 Å². The summed E-state index contributed by atoms with van der Waals surface area (Å²) < 4.78 is 20.1. The molecule has 2 N–H and O–H groups in total. The van der Waals surface area contributed by atoms with Crippen molar-refractivity contribution in [3.63, 3.8) is 0 Å². The van der Waals surface area contributed by atoms with Crippen LogP contribution < -0.4 is 20.4 Å². The van der Waals surface area contributed by atoms with Gasteiger partial charge in [0.15, 0.2) is 0 Å². The third kappa shape index (κ3) is 3.71. The molecule has 146 valence electrons. The number of benzene rings is 1. The first-order valence-corrected chi connectivity index (χ1v) is 9.51. The normalized spacial score (nSPS) is 27.5. The zero-order valence-corrected chi connectivity index (χ0v) is 15.4. The molecule has 3 aliphatic heterocycles. The average molecular weight is 376 g/mol. The highest BCUT2D eigenvalue weighted by atomic mass is 19.1. The monoisotopic (exact) mass is 376 g/mol. The van der Waals surface area contributed by atoms with Crippen LogP contribution in [0.5, 0.6) is 0 Å². The zero-order valence-electron chi connectivity index (χ0n) is 15.4. The Labute approximate surface area is 157 Å². The van der Waals surface area contributed by atoms with Crippen molar-refractivity contribution in [1.29, 1.82) is 0 Å². The van der Waals surface area contributed by atoms with Crippen molar-refractivity contribution in [2.75, 3.05) is 42.5 Å². The number of nitrogens with zero attached hydrogens (tertiary/aromatic N) is 2. The Morgan fingerprint density at radius 3 is 2.96 bits per heavy atom. The third-order valence-corrected chi connectivity index (χ3v) is 5.64. The fraction of sp³-hybridized carbons (Fsp3) is 0.579. The highest BCUT2D eigenvalue weighted by Crippen LogP contribution is 2.33. The maximum absolute atomic E-state index is 14.8. The second-order valence-corrected chi connectivity index (χ2v) is 7.56. The van der Waals surface area contributed by atoms with Crippen molar-refractivity contribution in [2.24, 2.45) is 5.92 Å². The Hall–Kier alpha value is -2.35. The number of halogens is 1. The number of carbonyl (C=O) groups excluding carboxylic acids is 2. The topological polar surface area (TPSA) is 73.9 Å². The number of fused-ring (bicyclic) bond motifs is 1. The minimum absolute atomic E-state index is 0.180. The van der Waals surface area contributed by atoms with Gasteiger partial charge in [0.25, 0.3) is 0 Å². The third-order valence-electron chi connectivity index (χ3n) is 5.64. The summed E-state index contributed by atoms with van der Waals surface area (Å²) in [4.78, 5) is 26.6. The molecule has 0 bridgehead atoms. The molecule has 3 heterocycles. The van der Waals surface area contributed by atoms with Crippen molar-refractivity contribution in [3.8, 4) is 0 Å². The average Bonchev–Trinajstić information content (AvgIpc) is 3.23. The first-order valence-electron chi connectivity index (χ1n) is 9.51. The van der Waals surface area contributed by atoms with Crippen LogP contribution in [-0.4, -0.2) is 56.9 Å². The molecule has 2 amide bonds. The summed E-state index contributed by atoms with van der Waals surface area (Å²) in [5.41, 5.74) is 1.05. The van der Waals surface area contributed by atoms with Gasteiger partial charge < -0.3 is 20.3 Å². The van der Waals surface area contributed by atoms with Crippen molar-refractivity contribution >= 4 is 23.4 Å². The van der Waals surface area contributed by atoms with Crippen molar-refractivity contribution < 1.29 is 18.7 Å². The van der Waals surface area contributed by atoms with Crippen LogP contribution in [0.3, 0.4) is 0 Å². The number of cyclic esters (lactones) is 1. The molecule has 4 rings (SSSR count). The quantitative estimate of drug-likeness (QED) is 0.833. The van der Waals surface area contributed by atoms with Gasteiger partial charge in [-0.15, -0.1) is 0 Å². The van der Waals surface area contributed by atoms with Crippen LogP contribution in [0.4, 0.5) is 20.6 Å². The Morgan fingerprint density at radius 2 is 2.22 bits per heavy atom. The summed E-state index contributed by atoms with van der Waals surface area (Å²) in [5, 5.41) is 6.16. The SMILES string of the molecule is CC(=O)NC[C@H]1CN(c2ccc(N3CC4CCCNC4C3)c(F)c2)C(=O)O1. The van der Waals surface area contributed by atoms with Crippen molar-refractivity contribution in [2.45, 2.75) is 31.9 Å². The molecule has 1 aromatic rings. The molecule has 0 aromatic heterocycles. The van der Waals surface area contributed by atoms with Gasteiger partial charge in [-0.1, -0.05) is 0 Å². The van der Waals surface area contributed by atoms with Crippen LogP contribution in [0, 0.1) is 11.7 Å². The maximum Gasteiger partial charge on any atom is 0.414 e. The van der Waals surface area contributed by atoms with E-state index in [4.69, 9.17) is 4.74 Å². The van der Waals surface area contributed by atoms with Gasteiger partial charge in [-0.3, -0.25) is 9.69 Å². The second kappa shape index (κ2) is 7.34. The van der Waals surface area contributed by atoms with Crippen LogP contribution in [0.15, 0.2) is 18.2 Å². The number of nitrogens with one attached hydrogen (secondary N) is 2. The number of hydrogen-bond donors (Lipinski definition) is 2. The number of rotatable bonds is 4. The molecule has 27 heavy (non-hydrogen) atoms. The highest BCUT2D eigenvalue weighted by molar-refractivity contribution is 5.90. The molecule has 3 fully saturated rings. The molecule has 7 nitrogen and oxygen atoms in total. The molecule has 0 saturated carbocycles. The Morgan fingerprint density at radius 1 is 1.37 bits per heavy atom. The van der Waals surface area contributed by atoms with Gasteiger partial charge in [0.05, 0.1) is 24.5 Å². The summed E-state index contributed by atoms with van der Waals surface area (Å²) in [6, 6.07) is 5.33. The van der Waals surface area contributed by atoms with Crippen LogP contribution in [0.1, 0.15) is 19.8 Å². The Balaban J connectivity index is 1.44. The standard InChI is InChI=1S/C19H25FN4O3/c1-12(25)22-8-15-10-24(19(26)27-15)14-4-5-18(16(20)7-14)23-9-13-3-2-6-21-17(13)11-23/h4-5,7,13,15,17,21H,2-3,6,8-11H2,1H3,(H,22,25)/t13?,15-,17?/m0/s1. The molecule has 0 aliphatic carbocycles. The van der Waals surface area contributed by atoms with Crippen molar-refractivity contribution in [1.82, 2.24) is 10.6 Å². The minimum atomic E-state index is -0.520. The molecular weight excluding hydrogens is 351 g/mol. The van der Waals surface area contributed by atoms with Gasteiger partial charge in [0.1, 0.15) is 11.9 Å². The fourth-order valence-corrected chi connectivity index (χ4v) is 4.26. The van der Waals surface area contributed by atoms with E-state index in [2.05, 4.69) is 15.5 Å². The highest BCUT2D eigenvalue weighted by Gasteiger charge is 2.36.